The molecule has 0 aliphatic rings. The molecule has 0 saturated carbocycles. The number of carbonyl (C=O) groups excluding carboxylic acids is 1. The first-order valence-corrected chi connectivity index (χ1v) is 9.74. The van der Waals surface area contributed by atoms with Crippen molar-refractivity contribution < 1.29 is 9.53 Å². The largest absolute Gasteiger partial charge is 0.494 e. The molecule has 0 radical (unpaired) electrons. The molecule has 0 N–H and O–H groups in total. The van der Waals surface area contributed by atoms with E-state index in [0.717, 1.165) is 22.7 Å². The fourth-order valence-corrected chi connectivity index (χ4v) is 3.68. The highest BCUT2D eigenvalue weighted by Gasteiger charge is 2.15. The quantitative estimate of drug-likeness (QED) is 0.582. The van der Waals surface area contributed by atoms with Crippen molar-refractivity contribution in [1.29, 1.82) is 0 Å². The Bertz CT molecular complexity index is 939. The molecule has 27 heavy (non-hydrogen) atoms. The highest BCUT2D eigenvalue weighted by atomic mass is 32.2. The SMILES string of the molecule is CCOc1ccc(CN(C)C(=O)CSc2nnc3nc(C)cc(C)n23)cc1. The van der Waals surface area contributed by atoms with Crippen molar-refractivity contribution in [2.75, 3.05) is 19.4 Å². The molecule has 0 aliphatic heterocycles. The van der Waals surface area contributed by atoms with Gasteiger partial charge in [0.15, 0.2) is 5.16 Å². The molecule has 2 aromatic heterocycles. The van der Waals surface area contributed by atoms with Gasteiger partial charge in [-0.25, -0.2) is 4.98 Å². The van der Waals surface area contributed by atoms with E-state index in [2.05, 4.69) is 15.2 Å². The van der Waals surface area contributed by atoms with Crippen LogP contribution in [0.2, 0.25) is 0 Å². The lowest BCUT2D eigenvalue weighted by molar-refractivity contribution is -0.127. The Balaban J connectivity index is 1.60. The van der Waals surface area contributed by atoms with Gasteiger partial charge in [-0.1, -0.05) is 23.9 Å². The third kappa shape index (κ3) is 4.57. The van der Waals surface area contributed by atoms with Gasteiger partial charge in [-0.15, -0.1) is 10.2 Å². The number of benzene rings is 1. The number of thioether (sulfide) groups is 1. The minimum Gasteiger partial charge on any atom is -0.494 e. The fourth-order valence-electron chi connectivity index (χ4n) is 2.75. The summed E-state index contributed by atoms with van der Waals surface area (Å²) in [5, 5.41) is 8.95. The van der Waals surface area contributed by atoms with Gasteiger partial charge in [-0.2, -0.15) is 0 Å². The number of rotatable bonds is 7. The first kappa shape index (κ1) is 19.2. The standard InChI is InChI=1S/C19H23N5O2S/c1-5-26-16-8-6-15(7-9-16)11-23(4)17(25)12-27-19-22-21-18-20-13(2)10-14(3)24(18)19/h6-10H,5,11-12H2,1-4H3. The summed E-state index contributed by atoms with van der Waals surface area (Å²) in [4.78, 5) is 18.6. The number of hydrogen-bond acceptors (Lipinski definition) is 6. The number of hydrogen-bond donors (Lipinski definition) is 0. The van der Waals surface area contributed by atoms with Gasteiger partial charge in [0, 0.05) is 25.0 Å². The monoisotopic (exact) mass is 385 g/mol. The second-order valence-corrected chi connectivity index (χ2v) is 7.21. The van der Waals surface area contributed by atoms with Crippen LogP contribution in [0.5, 0.6) is 5.75 Å². The van der Waals surface area contributed by atoms with Crippen LogP contribution in [-0.2, 0) is 11.3 Å². The second kappa shape index (κ2) is 8.39. The average molecular weight is 385 g/mol. The van der Waals surface area contributed by atoms with Gasteiger partial charge in [-0.05, 0) is 44.5 Å². The van der Waals surface area contributed by atoms with E-state index < -0.39 is 0 Å². The Morgan fingerprint density at radius 1 is 1.22 bits per heavy atom. The fraction of sp³-hybridized carbons (Fsp3) is 0.368. The Morgan fingerprint density at radius 3 is 2.67 bits per heavy atom. The first-order valence-electron chi connectivity index (χ1n) is 8.75. The summed E-state index contributed by atoms with van der Waals surface area (Å²) in [5.74, 6) is 1.72. The summed E-state index contributed by atoms with van der Waals surface area (Å²) in [6.07, 6.45) is 0. The van der Waals surface area contributed by atoms with E-state index in [-0.39, 0.29) is 5.91 Å². The second-order valence-electron chi connectivity index (χ2n) is 6.27. The van der Waals surface area contributed by atoms with E-state index >= 15 is 0 Å². The van der Waals surface area contributed by atoms with Gasteiger partial charge in [0.25, 0.3) is 5.78 Å². The van der Waals surface area contributed by atoms with E-state index in [4.69, 9.17) is 4.74 Å². The zero-order valence-corrected chi connectivity index (χ0v) is 16.8. The van der Waals surface area contributed by atoms with Gasteiger partial charge in [0.2, 0.25) is 5.91 Å². The first-order chi connectivity index (χ1) is 13.0. The Kier molecular flexibility index (Phi) is 5.95. The van der Waals surface area contributed by atoms with Gasteiger partial charge in [-0.3, -0.25) is 9.20 Å². The molecule has 0 spiro atoms. The van der Waals surface area contributed by atoms with Crippen molar-refractivity contribution in [2.45, 2.75) is 32.5 Å². The van der Waals surface area contributed by atoms with Crippen molar-refractivity contribution in [2.24, 2.45) is 0 Å². The maximum Gasteiger partial charge on any atom is 0.256 e. The summed E-state index contributed by atoms with van der Waals surface area (Å²) in [5.41, 5.74) is 2.96. The lowest BCUT2D eigenvalue weighted by Gasteiger charge is -2.17. The molecule has 0 fully saturated rings. The predicted octanol–water partition coefficient (Wildman–Crippen LogP) is 2.89. The Hall–Kier alpha value is -2.61. The number of nitrogens with zero attached hydrogens (tertiary/aromatic N) is 5. The Labute approximate surface area is 162 Å². The molecule has 0 atom stereocenters. The summed E-state index contributed by atoms with van der Waals surface area (Å²) in [6, 6.07) is 9.77. The van der Waals surface area contributed by atoms with Crippen LogP contribution >= 0.6 is 11.8 Å². The number of ether oxygens (including phenoxy) is 1. The average Bonchev–Trinajstić information content (AvgIpc) is 3.04. The summed E-state index contributed by atoms with van der Waals surface area (Å²) in [7, 11) is 1.80. The molecule has 0 unspecified atom stereocenters. The summed E-state index contributed by atoms with van der Waals surface area (Å²) < 4.78 is 7.31. The van der Waals surface area contributed by atoms with E-state index in [1.165, 1.54) is 11.8 Å². The van der Waals surface area contributed by atoms with Crippen molar-refractivity contribution in [3.05, 3.63) is 47.3 Å². The molecule has 3 aromatic rings. The smallest absolute Gasteiger partial charge is 0.256 e. The number of amides is 1. The lowest BCUT2D eigenvalue weighted by atomic mass is 10.2. The normalized spacial score (nSPS) is 11.0. The molecular weight excluding hydrogens is 362 g/mol. The van der Waals surface area contributed by atoms with E-state index in [1.807, 2.05) is 55.5 Å². The van der Waals surface area contributed by atoms with Crippen LogP contribution in [0.25, 0.3) is 5.78 Å². The molecule has 1 aromatic carbocycles. The van der Waals surface area contributed by atoms with Crippen LogP contribution in [0, 0.1) is 13.8 Å². The number of aryl methyl sites for hydroxylation is 2. The van der Waals surface area contributed by atoms with Crippen LogP contribution in [-0.4, -0.2) is 49.8 Å². The number of carbonyl (C=O) groups is 1. The van der Waals surface area contributed by atoms with E-state index in [0.29, 0.717) is 29.8 Å². The number of aromatic nitrogens is 4. The predicted molar refractivity (Wildman–Crippen MR) is 105 cm³/mol. The molecule has 3 rings (SSSR count). The van der Waals surface area contributed by atoms with Crippen LogP contribution in [0.3, 0.4) is 0 Å². The summed E-state index contributed by atoms with van der Waals surface area (Å²) in [6.45, 7) is 7.05. The lowest BCUT2D eigenvalue weighted by Crippen LogP contribution is -2.27. The van der Waals surface area contributed by atoms with Crippen molar-refractivity contribution in [3.8, 4) is 5.75 Å². The van der Waals surface area contributed by atoms with Crippen molar-refractivity contribution in [1.82, 2.24) is 24.5 Å². The molecule has 8 heteroatoms. The minimum absolute atomic E-state index is 0.0309. The summed E-state index contributed by atoms with van der Waals surface area (Å²) >= 11 is 1.37. The van der Waals surface area contributed by atoms with Crippen LogP contribution in [0.4, 0.5) is 0 Å². The molecule has 0 bridgehead atoms. The minimum atomic E-state index is 0.0309. The Morgan fingerprint density at radius 2 is 1.96 bits per heavy atom. The van der Waals surface area contributed by atoms with E-state index in [9.17, 15) is 4.79 Å². The molecule has 2 heterocycles. The maximum absolute atomic E-state index is 12.5. The third-order valence-corrected chi connectivity index (χ3v) is 4.98. The van der Waals surface area contributed by atoms with Crippen molar-refractivity contribution in [3.63, 3.8) is 0 Å². The highest BCUT2D eigenvalue weighted by Crippen LogP contribution is 2.19. The maximum atomic E-state index is 12.5. The van der Waals surface area contributed by atoms with Crippen molar-refractivity contribution >= 4 is 23.4 Å². The van der Waals surface area contributed by atoms with E-state index in [1.54, 1.807) is 11.9 Å². The zero-order valence-electron chi connectivity index (χ0n) is 16.0. The third-order valence-electron chi connectivity index (χ3n) is 4.07. The zero-order chi connectivity index (χ0) is 19.4. The highest BCUT2D eigenvalue weighted by molar-refractivity contribution is 7.99. The molecule has 142 valence electrons. The topological polar surface area (TPSA) is 72.6 Å². The molecular formula is C19H23N5O2S. The molecule has 0 aliphatic carbocycles. The van der Waals surface area contributed by atoms with Crippen LogP contribution in [0.1, 0.15) is 23.9 Å². The van der Waals surface area contributed by atoms with Crippen LogP contribution in [0.15, 0.2) is 35.5 Å². The molecule has 1 amide bonds. The molecule has 0 saturated heterocycles. The number of fused-ring (bicyclic) bond motifs is 1. The van der Waals surface area contributed by atoms with Gasteiger partial charge in [0.05, 0.1) is 12.4 Å². The molecule has 7 nitrogen and oxygen atoms in total. The van der Waals surface area contributed by atoms with Gasteiger partial charge >= 0.3 is 0 Å². The van der Waals surface area contributed by atoms with Crippen LogP contribution < -0.4 is 4.74 Å². The van der Waals surface area contributed by atoms with Gasteiger partial charge < -0.3 is 9.64 Å². The van der Waals surface area contributed by atoms with Gasteiger partial charge in [0.1, 0.15) is 5.75 Å².